The van der Waals surface area contributed by atoms with Crippen molar-refractivity contribution in [3.63, 3.8) is 0 Å². The fraction of sp³-hybridized carbons (Fsp3) is 0.318. The zero-order valence-electron chi connectivity index (χ0n) is 17.7. The molecule has 0 radical (unpaired) electrons. The molecule has 0 bridgehead atoms. The number of benzene rings is 1. The van der Waals surface area contributed by atoms with Crippen molar-refractivity contribution in [1.29, 1.82) is 0 Å². The van der Waals surface area contributed by atoms with E-state index in [1.54, 1.807) is 6.33 Å². The maximum atomic E-state index is 11.5. The van der Waals surface area contributed by atoms with E-state index in [-0.39, 0.29) is 17.9 Å². The number of carbonyl (C=O) groups is 1. The smallest absolute Gasteiger partial charge is 0.196 e. The number of aromatic nitrogens is 5. The van der Waals surface area contributed by atoms with E-state index in [0.29, 0.717) is 22.5 Å². The Morgan fingerprint density at radius 2 is 1.73 bits per heavy atom. The van der Waals surface area contributed by atoms with Gasteiger partial charge in [-0.25, -0.2) is 19.9 Å². The van der Waals surface area contributed by atoms with E-state index in [1.807, 2.05) is 41.9 Å². The summed E-state index contributed by atoms with van der Waals surface area (Å²) in [4.78, 5) is 32.9. The molecule has 4 aromatic rings. The summed E-state index contributed by atoms with van der Waals surface area (Å²) in [7, 11) is 1.96. The highest BCUT2D eigenvalue weighted by molar-refractivity contribution is 7.21. The van der Waals surface area contributed by atoms with Crippen LogP contribution in [-0.2, 0) is 7.05 Å². The Kier molecular flexibility index (Phi) is 5.34. The van der Waals surface area contributed by atoms with Crippen LogP contribution in [0, 0.1) is 0 Å². The van der Waals surface area contributed by atoms with Crippen LogP contribution in [0.5, 0.6) is 0 Å². The number of carbonyl (C=O) groups excluding carboxylic acids is 1. The van der Waals surface area contributed by atoms with Gasteiger partial charge in [-0.1, -0.05) is 41.7 Å². The molecule has 4 rings (SSSR count). The molecule has 8 heteroatoms. The van der Waals surface area contributed by atoms with Gasteiger partial charge in [0.15, 0.2) is 17.9 Å². The third kappa shape index (κ3) is 3.47. The Morgan fingerprint density at radius 3 is 2.37 bits per heavy atom. The first-order valence-electron chi connectivity index (χ1n) is 9.90. The molecule has 154 valence electrons. The van der Waals surface area contributed by atoms with E-state index in [2.05, 4.69) is 47.5 Å². The number of nitrogens with zero attached hydrogens (tertiary/aromatic N) is 6. The van der Waals surface area contributed by atoms with E-state index < -0.39 is 0 Å². The average molecular weight is 421 g/mol. The molecule has 0 atom stereocenters. The lowest BCUT2D eigenvalue weighted by atomic mass is 10.1. The number of aryl methyl sites for hydroxylation is 1. The summed E-state index contributed by atoms with van der Waals surface area (Å²) in [6.07, 6.45) is 2.49. The number of hydrogen-bond acceptors (Lipinski definition) is 7. The quantitative estimate of drug-likeness (QED) is 0.425. The second-order valence-electron chi connectivity index (χ2n) is 7.71. The highest BCUT2D eigenvalue weighted by atomic mass is 32.1. The molecule has 0 fully saturated rings. The molecule has 0 N–H and O–H groups in total. The van der Waals surface area contributed by atoms with Crippen LogP contribution in [0.1, 0.15) is 38.3 Å². The van der Waals surface area contributed by atoms with Crippen molar-refractivity contribution in [3.8, 4) is 22.0 Å². The molecule has 0 aliphatic carbocycles. The van der Waals surface area contributed by atoms with Gasteiger partial charge in [-0.15, -0.1) is 0 Å². The maximum Gasteiger partial charge on any atom is 0.196 e. The fourth-order valence-corrected chi connectivity index (χ4v) is 4.76. The normalized spacial score (nSPS) is 11.6. The highest BCUT2D eigenvalue weighted by Gasteiger charge is 2.25. The van der Waals surface area contributed by atoms with E-state index in [1.165, 1.54) is 11.3 Å². The van der Waals surface area contributed by atoms with E-state index in [4.69, 9.17) is 4.98 Å². The van der Waals surface area contributed by atoms with Gasteiger partial charge in [-0.3, -0.25) is 4.79 Å². The molecule has 3 heterocycles. The highest BCUT2D eigenvalue weighted by Crippen LogP contribution is 2.38. The minimum atomic E-state index is 0.173. The predicted octanol–water partition coefficient (Wildman–Crippen LogP) is 4.59. The first kappa shape index (κ1) is 20.2. The molecule has 1 aromatic carbocycles. The van der Waals surface area contributed by atoms with Crippen LogP contribution in [0.3, 0.4) is 0 Å². The van der Waals surface area contributed by atoms with Gasteiger partial charge in [0.25, 0.3) is 0 Å². The summed E-state index contributed by atoms with van der Waals surface area (Å²) in [6, 6.07) is 10.4. The fourth-order valence-electron chi connectivity index (χ4n) is 3.73. The number of rotatable bonds is 6. The molecule has 0 amide bonds. The van der Waals surface area contributed by atoms with Crippen LogP contribution in [0.25, 0.3) is 32.3 Å². The van der Waals surface area contributed by atoms with Gasteiger partial charge in [-0.05, 0) is 27.7 Å². The molecule has 7 nitrogen and oxygen atoms in total. The summed E-state index contributed by atoms with van der Waals surface area (Å²) in [5.74, 6) is 0.866. The van der Waals surface area contributed by atoms with E-state index >= 15 is 0 Å². The van der Waals surface area contributed by atoms with Crippen molar-refractivity contribution >= 4 is 33.8 Å². The van der Waals surface area contributed by atoms with Crippen LogP contribution < -0.4 is 4.90 Å². The topological polar surface area (TPSA) is 76.8 Å². The summed E-state index contributed by atoms with van der Waals surface area (Å²) >= 11 is 1.45. The lowest BCUT2D eigenvalue weighted by molar-refractivity contribution is 0.111. The second-order valence-corrected chi connectivity index (χ2v) is 8.69. The molecular weight excluding hydrogens is 396 g/mol. The number of aldehydes is 1. The Balaban J connectivity index is 1.95. The van der Waals surface area contributed by atoms with Crippen molar-refractivity contribution < 1.29 is 4.79 Å². The predicted molar refractivity (Wildman–Crippen MR) is 121 cm³/mol. The Hall–Kier alpha value is -3.13. The number of fused-ring (bicyclic) bond motifs is 1. The molecule has 0 saturated carbocycles. The van der Waals surface area contributed by atoms with Gasteiger partial charge in [0, 0.05) is 24.7 Å². The number of imidazole rings is 1. The number of anilines is 1. The van der Waals surface area contributed by atoms with Crippen LogP contribution in [0.15, 0.2) is 36.7 Å². The lowest BCUT2D eigenvalue weighted by Gasteiger charge is -2.31. The standard InChI is InChI=1S/C22H24N6OS/c1-13(2)28(14(3)4)20-18-21(25-16(11-29)24-20)30-22(26-18)19-17(23-12-27(19)5)15-9-7-6-8-10-15/h6-14H,1-5H3. The van der Waals surface area contributed by atoms with Crippen molar-refractivity contribution in [3.05, 3.63) is 42.5 Å². The summed E-state index contributed by atoms with van der Waals surface area (Å²) in [5.41, 5.74) is 3.52. The summed E-state index contributed by atoms with van der Waals surface area (Å²) < 4.78 is 1.97. The number of thiazole rings is 1. The molecule has 0 aliphatic heterocycles. The van der Waals surface area contributed by atoms with E-state index in [9.17, 15) is 4.79 Å². The molecule has 0 aliphatic rings. The van der Waals surface area contributed by atoms with Crippen LogP contribution in [0.2, 0.25) is 0 Å². The third-order valence-corrected chi connectivity index (χ3v) is 5.86. The molecule has 0 unspecified atom stereocenters. The molecule has 0 saturated heterocycles. The van der Waals surface area contributed by atoms with Gasteiger partial charge in [0.2, 0.25) is 0 Å². The van der Waals surface area contributed by atoms with Crippen molar-refractivity contribution in [2.75, 3.05) is 4.90 Å². The van der Waals surface area contributed by atoms with Gasteiger partial charge in [-0.2, -0.15) is 0 Å². The van der Waals surface area contributed by atoms with Gasteiger partial charge in [0.05, 0.1) is 12.0 Å². The second kappa shape index (κ2) is 7.95. The zero-order chi connectivity index (χ0) is 21.4. The SMILES string of the molecule is CC(C)N(c1nc(C=O)nc2sc(-c3c(-c4ccccc4)ncn3C)nc12)C(C)C. The molecule has 30 heavy (non-hydrogen) atoms. The van der Waals surface area contributed by atoms with Crippen LogP contribution >= 0.6 is 11.3 Å². The van der Waals surface area contributed by atoms with Crippen LogP contribution in [0.4, 0.5) is 5.82 Å². The van der Waals surface area contributed by atoms with Crippen molar-refractivity contribution in [2.24, 2.45) is 7.05 Å². The molecule has 0 spiro atoms. The maximum absolute atomic E-state index is 11.5. The van der Waals surface area contributed by atoms with Crippen LogP contribution in [-0.4, -0.2) is 42.9 Å². The van der Waals surface area contributed by atoms with Gasteiger partial charge >= 0.3 is 0 Å². The Morgan fingerprint density at radius 1 is 1.03 bits per heavy atom. The number of hydrogen-bond donors (Lipinski definition) is 0. The summed E-state index contributed by atoms with van der Waals surface area (Å²) in [5, 5.41) is 0.801. The average Bonchev–Trinajstić information content (AvgIpc) is 3.31. The van der Waals surface area contributed by atoms with Gasteiger partial charge < -0.3 is 9.47 Å². The first-order valence-corrected chi connectivity index (χ1v) is 10.7. The Bertz CT molecular complexity index is 1190. The summed E-state index contributed by atoms with van der Waals surface area (Å²) in [6.45, 7) is 8.43. The minimum absolute atomic E-state index is 0.173. The lowest BCUT2D eigenvalue weighted by Crippen LogP contribution is -2.38. The minimum Gasteiger partial charge on any atom is -0.350 e. The van der Waals surface area contributed by atoms with Crippen molar-refractivity contribution in [2.45, 2.75) is 39.8 Å². The largest absolute Gasteiger partial charge is 0.350 e. The zero-order valence-corrected chi connectivity index (χ0v) is 18.5. The van der Waals surface area contributed by atoms with Crippen molar-refractivity contribution in [1.82, 2.24) is 24.5 Å². The Labute approximate surface area is 179 Å². The van der Waals surface area contributed by atoms with E-state index in [0.717, 1.165) is 22.0 Å². The monoisotopic (exact) mass is 420 g/mol. The third-order valence-electron chi connectivity index (χ3n) is 4.91. The molecular formula is C22H24N6OS. The molecule has 3 aromatic heterocycles. The first-order chi connectivity index (χ1) is 14.4. The van der Waals surface area contributed by atoms with Gasteiger partial charge in [0.1, 0.15) is 21.0 Å².